The molecule has 0 aliphatic carbocycles. The van der Waals surface area contributed by atoms with Crippen LogP contribution < -0.4 is 4.74 Å². The first kappa shape index (κ1) is 20.0. The Morgan fingerprint density at radius 2 is 1.85 bits per heavy atom. The maximum atomic E-state index is 11.2. The number of benzene rings is 2. The monoisotopic (exact) mass is 407 g/mol. The van der Waals surface area contributed by atoms with Gasteiger partial charge in [-0.1, -0.05) is 48.3 Å². The SMILES string of the molecule is CC1CN(Cc2ccc(OCc3ccc(Cl)c(Cl)c3)cc2)CCC1C(=O)O. The average Bonchev–Trinajstić information content (AvgIpc) is 2.64. The van der Waals surface area contributed by atoms with E-state index < -0.39 is 5.97 Å². The normalized spacial score (nSPS) is 20.4. The maximum absolute atomic E-state index is 11.2. The molecule has 1 heterocycles. The third-order valence-electron chi connectivity index (χ3n) is 5.03. The van der Waals surface area contributed by atoms with E-state index in [1.165, 1.54) is 5.56 Å². The molecule has 1 aliphatic rings. The van der Waals surface area contributed by atoms with Gasteiger partial charge in [-0.3, -0.25) is 9.69 Å². The van der Waals surface area contributed by atoms with E-state index in [2.05, 4.69) is 17.0 Å². The van der Waals surface area contributed by atoms with Crippen LogP contribution in [0.5, 0.6) is 5.75 Å². The first-order valence-corrected chi connectivity index (χ1v) is 9.79. The second-order valence-corrected chi connectivity index (χ2v) is 7.94. The fraction of sp³-hybridized carbons (Fsp3) is 0.381. The van der Waals surface area contributed by atoms with Gasteiger partial charge in [0.2, 0.25) is 0 Å². The van der Waals surface area contributed by atoms with Gasteiger partial charge in [0, 0.05) is 13.1 Å². The van der Waals surface area contributed by atoms with E-state index in [-0.39, 0.29) is 11.8 Å². The summed E-state index contributed by atoms with van der Waals surface area (Å²) in [5, 5.41) is 10.3. The van der Waals surface area contributed by atoms with E-state index in [9.17, 15) is 9.90 Å². The Morgan fingerprint density at radius 3 is 2.48 bits per heavy atom. The smallest absolute Gasteiger partial charge is 0.306 e. The highest BCUT2D eigenvalue weighted by molar-refractivity contribution is 6.42. The van der Waals surface area contributed by atoms with Gasteiger partial charge in [-0.25, -0.2) is 0 Å². The predicted octanol–water partition coefficient (Wildman–Crippen LogP) is 5.12. The third kappa shape index (κ3) is 5.38. The second-order valence-electron chi connectivity index (χ2n) is 7.13. The molecule has 0 aromatic heterocycles. The number of carbonyl (C=O) groups is 1. The summed E-state index contributed by atoms with van der Waals surface area (Å²) in [6.45, 7) is 4.90. The minimum Gasteiger partial charge on any atom is -0.489 e. The molecule has 2 aromatic rings. The number of ether oxygens (including phenoxy) is 1. The number of hydrogen-bond donors (Lipinski definition) is 1. The third-order valence-corrected chi connectivity index (χ3v) is 5.76. The van der Waals surface area contributed by atoms with Crippen LogP contribution in [0, 0.1) is 11.8 Å². The number of likely N-dealkylation sites (tertiary alicyclic amines) is 1. The molecule has 1 saturated heterocycles. The Labute approximate surface area is 169 Å². The predicted molar refractivity (Wildman–Crippen MR) is 107 cm³/mol. The van der Waals surface area contributed by atoms with E-state index in [4.69, 9.17) is 27.9 Å². The Kier molecular flexibility index (Phi) is 6.64. The zero-order valence-corrected chi connectivity index (χ0v) is 16.7. The highest BCUT2D eigenvalue weighted by Gasteiger charge is 2.30. The van der Waals surface area contributed by atoms with Crippen LogP contribution in [0.25, 0.3) is 0 Å². The van der Waals surface area contributed by atoms with Crippen LogP contribution in [0.1, 0.15) is 24.5 Å². The molecule has 1 N–H and O–H groups in total. The Balaban J connectivity index is 1.51. The molecule has 0 bridgehead atoms. The summed E-state index contributed by atoms with van der Waals surface area (Å²) >= 11 is 11.9. The molecule has 1 aliphatic heterocycles. The first-order chi connectivity index (χ1) is 12.9. The summed E-state index contributed by atoms with van der Waals surface area (Å²) in [5.41, 5.74) is 2.15. The molecular weight excluding hydrogens is 385 g/mol. The lowest BCUT2D eigenvalue weighted by Gasteiger charge is -2.34. The number of rotatable bonds is 6. The Hall–Kier alpha value is -1.75. The quantitative estimate of drug-likeness (QED) is 0.721. The van der Waals surface area contributed by atoms with Gasteiger partial charge >= 0.3 is 5.97 Å². The van der Waals surface area contributed by atoms with Gasteiger partial charge in [0.15, 0.2) is 0 Å². The lowest BCUT2D eigenvalue weighted by atomic mass is 9.87. The van der Waals surface area contributed by atoms with E-state index in [1.807, 2.05) is 25.1 Å². The topological polar surface area (TPSA) is 49.8 Å². The van der Waals surface area contributed by atoms with Crippen LogP contribution in [-0.2, 0) is 17.9 Å². The lowest BCUT2D eigenvalue weighted by Crippen LogP contribution is -2.41. The summed E-state index contributed by atoms with van der Waals surface area (Å²) in [5.74, 6) is 0.0665. The van der Waals surface area contributed by atoms with Crippen molar-refractivity contribution in [3.8, 4) is 5.75 Å². The number of hydrogen-bond acceptors (Lipinski definition) is 3. The summed E-state index contributed by atoms with van der Waals surface area (Å²) in [6, 6.07) is 13.5. The number of carboxylic acid groups (broad SMARTS) is 1. The Morgan fingerprint density at radius 1 is 1.15 bits per heavy atom. The molecule has 0 spiro atoms. The van der Waals surface area contributed by atoms with Crippen molar-refractivity contribution in [2.24, 2.45) is 11.8 Å². The van der Waals surface area contributed by atoms with Crippen molar-refractivity contribution in [3.63, 3.8) is 0 Å². The number of halogens is 2. The lowest BCUT2D eigenvalue weighted by molar-refractivity contribution is -0.145. The summed E-state index contributed by atoms with van der Waals surface area (Å²) < 4.78 is 5.81. The zero-order chi connectivity index (χ0) is 19.4. The van der Waals surface area contributed by atoms with Gasteiger partial charge in [-0.05, 0) is 54.3 Å². The van der Waals surface area contributed by atoms with E-state index in [0.29, 0.717) is 23.1 Å². The molecule has 2 atom stereocenters. The Bertz CT molecular complexity index is 795. The molecule has 144 valence electrons. The summed E-state index contributed by atoms with van der Waals surface area (Å²) in [4.78, 5) is 13.5. The molecular formula is C21H23Cl2NO3. The molecule has 2 aromatic carbocycles. The second kappa shape index (κ2) is 8.96. The maximum Gasteiger partial charge on any atom is 0.306 e. The van der Waals surface area contributed by atoms with Crippen molar-refractivity contribution < 1.29 is 14.6 Å². The highest BCUT2D eigenvalue weighted by atomic mass is 35.5. The van der Waals surface area contributed by atoms with Gasteiger partial charge < -0.3 is 9.84 Å². The fourth-order valence-electron chi connectivity index (χ4n) is 3.49. The van der Waals surface area contributed by atoms with E-state index in [0.717, 1.165) is 30.9 Å². The number of aliphatic carboxylic acids is 1. The van der Waals surface area contributed by atoms with Crippen LogP contribution in [-0.4, -0.2) is 29.1 Å². The average molecular weight is 408 g/mol. The van der Waals surface area contributed by atoms with Gasteiger partial charge in [-0.15, -0.1) is 0 Å². The molecule has 0 amide bonds. The number of carboxylic acids is 1. The molecule has 0 radical (unpaired) electrons. The molecule has 2 unspecified atom stereocenters. The summed E-state index contributed by atoms with van der Waals surface area (Å²) in [7, 11) is 0. The van der Waals surface area contributed by atoms with Crippen molar-refractivity contribution in [2.75, 3.05) is 13.1 Å². The first-order valence-electron chi connectivity index (χ1n) is 9.03. The standard InChI is InChI=1S/C21H23Cl2NO3/c1-14-11-24(9-8-18(14)21(25)26)12-15-2-5-17(6-3-15)27-13-16-4-7-19(22)20(23)10-16/h2-7,10,14,18H,8-9,11-13H2,1H3,(H,25,26). The van der Waals surface area contributed by atoms with Crippen molar-refractivity contribution >= 4 is 29.2 Å². The van der Waals surface area contributed by atoms with Crippen LogP contribution in [0.15, 0.2) is 42.5 Å². The molecule has 1 fully saturated rings. The number of piperidine rings is 1. The van der Waals surface area contributed by atoms with E-state index >= 15 is 0 Å². The van der Waals surface area contributed by atoms with Crippen LogP contribution >= 0.6 is 23.2 Å². The largest absolute Gasteiger partial charge is 0.489 e. The molecule has 27 heavy (non-hydrogen) atoms. The van der Waals surface area contributed by atoms with E-state index in [1.54, 1.807) is 12.1 Å². The van der Waals surface area contributed by atoms with Gasteiger partial charge in [0.05, 0.1) is 16.0 Å². The van der Waals surface area contributed by atoms with Crippen molar-refractivity contribution in [2.45, 2.75) is 26.5 Å². The van der Waals surface area contributed by atoms with Gasteiger partial charge in [0.1, 0.15) is 12.4 Å². The van der Waals surface area contributed by atoms with Gasteiger partial charge in [-0.2, -0.15) is 0 Å². The van der Waals surface area contributed by atoms with Crippen molar-refractivity contribution in [1.29, 1.82) is 0 Å². The summed E-state index contributed by atoms with van der Waals surface area (Å²) in [6.07, 6.45) is 0.710. The molecule has 0 saturated carbocycles. The minimum atomic E-state index is -0.675. The van der Waals surface area contributed by atoms with Crippen molar-refractivity contribution in [1.82, 2.24) is 4.90 Å². The zero-order valence-electron chi connectivity index (χ0n) is 15.2. The fourth-order valence-corrected chi connectivity index (χ4v) is 3.81. The van der Waals surface area contributed by atoms with Crippen molar-refractivity contribution in [3.05, 3.63) is 63.6 Å². The van der Waals surface area contributed by atoms with Crippen LogP contribution in [0.4, 0.5) is 0 Å². The number of nitrogens with zero attached hydrogens (tertiary/aromatic N) is 1. The van der Waals surface area contributed by atoms with Crippen LogP contribution in [0.2, 0.25) is 10.0 Å². The highest BCUT2D eigenvalue weighted by Crippen LogP contribution is 2.26. The molecule has 4 nitrogen and oxygen atoms in total. The molecule has 6 heteroatoms. The van der Waals surface area contributed by atoms with Crippen LogP contribution in [0.3, 0.4) is 0 Å². The minimum absolute atomic E-state index is 0.171. The van der Waals surface area contributed by atoms with Gasteiger partial charge in [0.25, 0.3) is 0 Å². The molecule has 3 rings (SSSR count).